The molecule has 2 amide bonds. The molecule has 0 unspecified atom stereocenters. The highest BCUT2D eigenvalue weighted by atomic mass is 32.2. The Morgan fingerprint density at radius 3 is 2.55 bits per heavy atom. The summed E-state index contributed by atoms with van der Waals surface area (Å²) in [5, 5.41) is 15.5. The Morgan fingerprint density at radius 1 is 1.14 bits per heavy atom. The monoisotopic (exact) mass is 312 g/mol. The first-order valence-electron chi connectivity index (χ1n) is 6.34. The van der Waals surface area contributed by atoms with Crippen molar-refractivity contribution in [2.24, 2.45) is 0 Å². The van der Waals surface area contributed by atoms with Gasteiger partial charge in [0.15, 0.2) is 0 Å². The normalized spacial score (nSPS) is 9.59. The molecule has 0 aliphatic rings. The molecule has 2 N–H and O–H groups in total. The number of aromatic nitrogens is 1. The third-order valence-corrected chi connectivity index (χ3v) is 3.24. The zero-order chi connectivity index (χ0) is 15.8. The molecule has 22 heavy (non-hydrogen) atoms. The van der Waals surface area contributed by atoms with Gasteiger partial charge in [0.05, 0.1) is 12.2 Å². The van der Waals surface area contributed by atoms with Crippen molar-refractivity contribution < 1.29 is 9.59 Å². The van der Waals surface area contributed by atoms with Crippen LogP contribution in [0.15, 0.2) is 53.6 Å². The fourth-order valence-electron chi connectivity index (χ4n) is 1.60. The van der Waals surface area contributed by atoms with Crippen LogP contribution in [0.2, 0.25) is 0 Å². The van der Waals surface area contributed by atoms with Gasteiger partial charge in [-0.15, -0.1) is 0 Å². The highest BCUT2D eigenvalue weighted by Gasteiger charge is 2.13. The Morgan fingerprint density at radius 2 is 1.91 bits per heavy atom. The molecule has 0 atom stereocenters. The number of amides is 2. The van der Waals surface area contributed by atoms with Crippen LogP contribution in [0.4, 0.5) is 5.69 Å². The molecule has 0 fully saturated rings. The molecule has 7 heteroatoms. The molecule has 1 heterocycles. The predicted octanol–water partition coefficient (Wildman–Crippen LogP) is 1.91. The first kappa shape index (κ1) is 15.5. The standard InChI is InChI=1S/C15H12N4O2S/c16-10-22-13-6-4-11(5-7-13)19-15(21)14(20)18-9-12-3-1-2-8-17-12/h1-8H,9H2,(H,18,20)(H,19,21). The SMILES string of the molecule is N#CSc1ccc(NC(=O)C(=O)NCc2ccccn2)cc1. The summed E-state index contributed by atoms with van der Waals surface area (Å²) in [6.45, 7) is 0.185. The van der Waals surface area contributed by atoms with E-state index < -0.39 is 11.8 Å². The van der Waals surface area contributed by atoms with E-state index in [0.29, 0.717) is 11.4 Å². The van der Waals surface area contributed by atoms with Gasteiger partial charge >= 0.3 is 11.8 Å². The fraction of sp³-hybridized carbons (Fsp3) is 0.0667. The van der Waals surface area contributed by atoms with E-state index >= 15 is 0 Å². The van der Waals surface area contributed by atoms with Crippen molar-refractivity contribution in [3.63, 3.8) is 0 Å². The quantitative estimate of drug-likeness (QED) is 0.511. The average Bonchev–Trinajstić information content (AvgIpc) is 2.55. The molecule has 2 aromatic rings. The van der Waals surface area contributed by atoms with Crippen LogP contribution >= 0.6 is 11.8 Å². The molecule has 1 aromatic carbocycles. The van der Waals surface area contributed by atoms with Crippen LogP contribution in [-0.2, 0) is 16.1 Å². The maximum atomic E-state index is 11.7. The summed E-state index contributed by atoms with van der Waals surface area (Å²) in [6.07, 6.45) is 1.61. The molecule has 0 saturated carbocycles. The number of benzene rings is 1. The number of hydrogen-bond acceptors (Lipinski definition) is 5. The maximum absolute atomic E-state index is 11.7. The molecular formula is C15H12N4O2S. The predicted molar refractivity (Wildman–Crippen MR) is 82.6 cm³/mol. The number of pyridine rings is 1. The number of hydrogen-bond donors (Lipinski definition) is 2. The number of rotatable bonds is 4. The second-order valence-electron chi connectivity index (χ2n) is 4.18. The number of nitriles is 1. The van der Waals surface area contributed by atoms with Crippen LogP contribution in [0.25, 0.3) is 0 Å². The van der Waals surface area contributed by atoms with Crippen molar-refractivity contribution >= 4 is 29.3 Å². The summed E-state index contributed by atoms with van der Waals surface area (Å²) in [5.74, 6) is -1.49. The number of carbonyl (C=O) groups excluding carboxylic acids is 2. The highest BCUT2D eigenvalue weighted by molar-refractivity contribution is 8.03. The first-order valence-corrected chi connectivity index (χ1v) is 7.16. The molecule has 110 valence electrons. The largest absolute Gasteiger partial charge is 0.342 e. The molecule has 6 nitrogen and oxygen atoms in total. The smallest absolute Gasteiger partial charge is 0.313 e. The van der Waals surface area contributed by atoms with Crippen molar-refractivity contribution in [2.45, 2.75) is 11.4 Å². The van der Waals surface area contributed by atoms with E-state index in [0.717, 1.165) is 16.7 Å². The summed E-state index contributed by atoms with van der Waals surface area (Å²) < 4.78 is 0. The van der Waals surface area contributed by atoms with Crippen molar-refractivity contribution in [3.8, 4) is 5.40 Å². The second-order valence-corrected chi connectivity index (χ2v) is 5.03. The van der Waals surface area contributed by atoms with Crippen LogP contribution in [0.1, 0.15) is 5.69 Å². The number of carbonyl (C=O) groups is 2. The van der Waals surface area contributed by atoms with Crippen molar-refractivity contribution in [1.29, 1.82) is 5.26 Å². The van der Waals surface area contributed by atoms with E-state index in [1.165, 1.54) is 0 Å². The number of thiocyanates is 1. The van der Waals surface area contributed by atoms with E-state index in [2.05, 4.69) is 15.6 Å². The maximum Gasteiger partial charge on any atom is 0.313 e. The topological polar surface area (TPSA) is 94.9 Å². The van der Waals surface area contributed by atoms with Crippen molar-refractivity contribution in [3.05, 3.63) is 54.4 Å². The van der Waals surface area contributed by atoms with E-state index in [4.69, 9.17) is 5.26 Å². The molecule has 1 aromatic heterocycles. The van der Waals surface area contributed by atoms with Gasteiger partial charge in [0.25, 0.3) is 0 Å². The van der Waals surface area contributed by atoms with Gasteiger partial charge < -0.3 is 10.6 Å². The van der Waals surface area contributed by atoms with Crippen LogP contribution in [0.5, 0.6) is 0 Å². The van der Waals surface area contributed by atoms with Gasteiger partial charge in [-0.25, -0.2) is 0 Å². The fourth-order valence-corrected chi connectivity index (χ4v) is 1.98. The third kappa shape index (κ3) is 4.61. The van der Waals surface area contributed by atoms with Gasteiger partial charge in [-0.3, -0.25) is 14.6 Å². The molecular weight excluding hydrogens is 300 g/mol. The minimum absolute atomic E-state index is 0.185. The van der Waals surface area contributed by atoms with Gasteiger partial charge in [-0.2, -0.15) is 5.26 Å². The first-order chi connectivity index (χ1) is 10.7. The Balaban J connectivity index is 1.86. The summed E-state index contributed by atoms with van der Waals surface area (Å²) in [5.41, 5.74) is 1.15. The van der Waals surface area contributed by atoms with Crippen LogP contribution in [-0.4, -0.2) is 16.8 Å². The van der Waals surface area contributed by atoms with Crippen molar-refractivity contribution in [2.75, 3.05) is 5.32 Å². The minimum Gasteiger partial charge on any atom is -0.342 e. The number of nitrogens with one attached hydrogen (secondary N) is 2. The Hall–Kier alpha value is -2.85. The molecule has 0 radical (unpaired) electrons. The highest BCUT2D eigenvalue weighted by Crippen LogP contribution is 2.18. The van der Waals surface area contributed by atoms with Crippen LogP contribution in [0, 0.1) is 10.7 Å². The number of thioether (sulfide) groups is 1. The van der Waals surface area contributed by atoms with Crippen molar-refractivity contribution in [1.82, 2.24) is 10.3 Å². The zero-order valence-electron chi connectivity index (χ0n) is 11.4. The Kier molecular flexibility index (Phi) is 5.51. The van der Waals surface area contributed by atoms with E-state index in [1.54, 1.807) is 48.7 Å². The summed E-state index contributed by atoms with van der Waals surface area (Å²) in [7, 11) is 0. The lowest BCUT2D eigenvalue weighted by Gasteiger charge is -2.06. The lowest BCUT2D eigenvalue weighted by atomic mass is 10.3. The second kappa shape index (κ2) is 7.81. The summed E-state index contributed by atoms with van der Waals surface area (Å²) in [6, 6.07) is 12.0. The van der Waals surface area contributed by atoms with Gasteiger partial charge in [0.2, 0.25) is 0 Å². The van der Waals surface area contributed by atoms with E-state index in [9.17, 15) is 9.59 Å². The zero-order valence-corrected chi connectivity index (χ0v) is 12.3. The van der Waals surface area contributed by atoms with Gasteiger partial charge in [0, 0.05) is 16.8 Å². The molecule has 0 spiro atoms. The Bertz CT molecular complexity index is 696. The number of nitrogens with zero attached hydrogens (tertiary/aromatic N) is 2. The lowest BCUT2D eigenvalue weighted by Crippen LogP contribution is -2.35. The van der Waals surface area contributed by atoms with Gasteiger partial charge in [-0.1, -0.05) is 6.07 Å². The molecule has 0 saturated heterocycles. The van der Waals surface area contributed by atoms with Crippen LogP contribution in [0.3, 0.4) is 0 Å². The van der Waals surface area contributed by atoms with E-state index in [1.807, 2.05) is 5.40 Å². The average molecular weight is 312 g/mol. The lowest BCUT2D eigenvalue weighted by molar-refractivity contribution is -0.136. The van der Waals surface area contributed by atoms with Gasteiger partial charge in [-0.05, 0) is 48.2 Å². The molecule has 0 aliphatic heterocycles. The third-order valence-electron chi connectivity index (χ3n) is 2.64. The molecule has 0 aliphatic carbocycles. The van der Waals surface area contributed by atoms with E-state index in [-0.39, 0.29) is 6.54 Å². The molecule has 0 bridgehead atoms. The summed E-state index contributed by atoms with van der Waals surface area (Å²) >= 11 is 1.02. The summed E-state index contributed by atoms with van der Waals surface area (Å²) in [4.78, 5) is 28.2. The minimum atomic E-state index is -0.753. The number of anilines is 1. The van der Waals surface area contributed by atoms with Gasteiger partial charge in [0.1, 0.15) is 5.40 Å². The molecule has 2 rings (SSSR count). The Labute approximate surface area is 131 Å². The van der Waals surface area contributed by atoms with Crippen LogP contribution < -0.4 is 10.6 Å².